The maximum absolute atomic E-state index is 5.07. The highest BCUT2D eigenvalue weighted by atomic mass is 16.6. The van der Waals surface area contributed by atoms with E-state index < -0.39 is 0 Å². The van der Waals surface area contributed by atoms with Crippen molar-refractivity contribution in [3.63, 3.8) is 0 Å². The van der Waals surface area contributed by atoms with Crippen LogP contribution in [0.5, 0.6) is 0 Å². The first-order chi connectivity index (χ1) is 3.31. The van der Waals surface area contributed by atoms with Gasteiger partial charge in [-0.3, -0.25) is 0 Å². The smallest absolute Gasteiger partial charge is 0.162 e. The van der Waals surface area contributed by atoms with Crippen molar-refractivity contribution < 1.29 is 4.74 Å². The summed E-state index contributed by atoms with van der Waals surface area (Å²) in [5.74, 6) is 0. The maximum atomic E-state index is 5.07. The van der Waals surface area contributed by atoms with Gasteiger partial charge in [0.1, 0.15) is 5.60 Å². The molecule has 2 rings (SSSR count). The quantitative estimate of drug-likeness (QED) is 0.447. The average molecular weight is 95.1 g/mol. The fraction of sp³-hybridized carbons (Fsp3) is 0.500. The summed E-state index contributed by atoms with van der Waals surface area (Å²) in [5, 5.41) is 0. The molecule has 0 aromatic rings. The Hall–Kier alpha value is -0.300. The van der Waals surface area contributed by atoms with Crippen LogP contribution in [0.1, 0.15) is 13.3 Å². The molecule has 0 spiro atoms. The molecule has 1 nitrogen and oxygen atoms in total. The van der Waals surface area contributed by atoms with Crippen LogP contribution in [0.3, 0.4) is 0 Å². The Morgan fingerprint density at radius 3 is 2.43 bits per heavy atom. The predicted octanol–water partition coefficient (Wildman–Crippen LogP) is 1.27. The van der Waals surface area contributed by atoms with Crippen LogP contribution < -0.4 is 0 Å². The zero-order valence-corrected chi connectivity index (χ0v) is 4.32. The first-order valence-electron chi connectivity index (χ1n) is 2.57. The Kier molecular flexibility index (Phi) is 0.352. The third-order valence-electron chi connectivity index (χ3n) is 1.80. The van der Waals surface area contributed by atoms with Crippen LogP contribution in [0.2, 0.25) is 0 Å². The van der Waals surface area contributed by atoms with Crippen molar-refractivity contribution in [1.82, 2.24) is 0 Å². The van der Waals surface area contributed by atoms with Crippen LogP contribution in [0.4, 0.5) is 0 Å². The molecule has 1 heteroatoms. The average Bonchev–Trinajstić information content (AvgIpc) is 2.49. The lowest BCUT2D eigenvalue weighted by atomic mass is 10.3. The Morgan fingerprint density at radius 1 is 1.86 bits per heavy atom. The summed E-state index contributed by atoms with van der Waals surface area (Å²) in [6, 6.07) is 0. The minimum atomic E-state index is 0.139. The molecule has 1 saturated carbocycles. The second kappa shape index (κ2) is 0.671. The fourth-order valence-electron chi connectivity index (χ4n) is 1.00. The maximum Gasteiger partial charge on any atom is 0.162 e. The number of rotatable bonds is 1. The first-order valence-corrected chi connectivity index (χ1v) is 2.57. The summed E-state index contributed by atoms with van der Waals surface area (Å²) in [6.07, 6.45) is 2.25. The number of ether oxygens (including phenoxy) is 1. The van der Waals surface area contributed by atoms with E-state index in [0.717, 1.165) is 12.5 Å². The van der Waals surface area contributed by atoms with E-state index in [1.807, 2.05) is 0 Å². The first kappa shape index (κ1) is 3.67. The van der Waals surface area contributed by atoms with Crippen molar-refractivity contribution in [1.29, 1.82) is 0 Å². The van der Waals surface area contributed by atoms with Crippen LogP contribution in [0, 0.1) is 6.10 Å². The molecule has 1 aliphatic heterocycles. The molecular formula is C6H7O. The van der Waals surface area contributed by atoms with Gasteiger partial charge in [0.25, 0.3) is 0 Å². The Morgan fingerprint density at radius 2 is 2.43 bits per heavy atom. The van der Waals surface area contributed by atoms with Gasteiger partial charge in [0.05, 0.1) is 0 Å². The van der Waals surface area contributed by atoms with E-state index in [0.29, 0.717) is 0 Å². The van der Waals surface area contributed by atoms with Crippen molar-refractivity contribution in [3.8, 4) is 0 Å². The highest BCUT2D eigenvalue weighted by Crippen LogP contribution is 2.73. The molecule has 7 heavy (non-hydrogen) atoms. The third kappa shape index (κ3) is 0.201. The van der Waals surface area contributed by atoms with Crippen LogP contribution in [0.15, 0.2) is 12.2 Å². The largest absolute Gasteiger partial charge is 0.349 e. The van der Waals surface area contributed by atoms with Crippen molar-refractivity contribution in [2.24, 2.45) is 0 Å². The second-order valence-electron chi connectivity index (χ2n) is 2.09. The van der Waals surface area contributed by atoms with Crippen molar-refractivity contribution in [2.45, 2.75) is 18.9 Å². The molecule has 1 aliphatic carbocycles. The van der Waals surface area contributed by atoms with Gasteiger partial charge in [-0.25, -0.2) is 0 Å². The lowest BCUT2D eigenvalue weighted by Gasteiger charge is -1.92. The standard InChI is InChI=1S/C6H7O/c1-3-6-4(2)5(6)7-6/h2-3H2,1H3. The van der Waals surface area contributed by atoms with Crippen molar-refractivity contribution >= 4 is 0 Å². The number of fused-ring (bicyclic) bond motifs is 1. The minimum absolute atomic E-state index is 0.139. The number of hydrogen-bond acceptors (Lipinski definition) is 1. The zero-order chi connectivity index (χ0) is 5.07. The summed E-state index contributed by atoms with van der Waals surface area (Å²) in [7, 11) is 0. The van der Waals surface area contributed by atoms with Gasteiger partial charge in [-0.1, -0.05) is 13.5 Å². The van der Waals surface area contributed by atoms with Crippen LogP contribution >= 0.6 is 0 Å². The fourth-order valence-corrected chi connectivity index (χ4v) is 1.00. The molecule has 1 heterocycles. The van der Waals surface area contributed by atoms with Crippen LogP contribution in [-0.4, -0.2) is 5.60 Å². The monoisotopic (exact) mass is 95.0 g/mol. The molecule has 37 valence electrons. The number of epoxide rings is 1. The lowest BCUT2D eigenvalue weighted by molar-refractivity contribution is 0.299. The predicted molar refractivity (Wildman–Crippen MR) is 26.5 cm³/mol. The molecule has 0 N–H and O–H groups in total. The van der Waals surface area contributed by atoms with Crippen molar-refractivity contribution in [3.05, 3.63) is 18.3 Å². The lowest BCUT2D eigenvalue weighted by Crippen LogP contribution is -1.92. The third-order valence-corrected chi connectivity index (χ3v) is 1.80. The zero-order valence-electron chi connectivity index (χ0n) is 4.32. The van der Waals surface area contributed by atoms with E-state index in [4.69, 9.17) is 4.74 Å². The van der Waals surface area contributed by atoms with Crippen molar-refractivity contribution in [2.75, 3.05) is 0 Å². The summed E-state index contributed by atoms with van der Waals surface area (Å²) in [5.41, 5.74) is 1.37. The van der Waals surface area contributed by atoms with E-state index in [1.165, 1.54) is 5.57 Å². The Bertz CT molecular complexity index is 139. The SMILES string of the molecule is C=C1[C]2OC21CC. The molecule has 1 radical (unpaired) electrons. The van der Waals surface area contributed by atoms with Gasteiger partial charge in [-0.15, -0.1) is 0 Å². The van der Waals surface area contributed by atoms with Gasteiger partial charge >= 0.3 is 0 Å². The summed E-state index contributed by atoms with van der Waals surface area (Å²) in [4.78, 5) is 0. The van der Waals surface area contributed by atoms with Gasteiger partial charge in [0.2, 0.25) is 0 Å². The molecular weight excluding hydrogens is 88.1 g/mol. The minimum Gasteiger partial charge on any atom is -0.349 e. The highest BCUT2D eigenvalue weighted by molar-refractivity contribution is 5.65. The molecule has 0 aromatic carbocycles. The van der Waals surface area contributed by atoms with Gasteiger partial charge < -0.3 is 4.74 Å². The molecule has 1 atom stereocenters. The van der Waals surface area contributed by atoms with Gasteiger partial charge in [-0.05, 0) is 12.0 Å². The number of hydrogen-bond donors (Lipinski definition) is 0. The summed E-state index contributed by atoms with van der Waals surface area (Å²) >= 11 is 0. The molecule has 0 amide bonds. The molecule has 1 saturated heterocycles. The second-order valence-corrected chi connectivity index (χ2v) is 2.09. The van der Waals surface area contributed by atoms with Crippen LogP contribution in [-0.2, 0) is 4.74 Å². The highest BCUT2D eigenvalue weighted by Gasteiger charge is 2.77. The van der Waals surface area contributed by atoms with E-state index in [1.54, 1.807) is 0 Å². The van der Waals surface area contributed by atoms with E-state index in [2.05, 4.69) is 13.5 Å². The Labute approximate surface area is 43.0 Å². The Balaban J connectivity index is 2.21. The van der Waals surface area contributed by atoms with Gasteiger partial charge in [0, 0.05) is 0 Å². The topological polar surface area (TPSA) is 12.5 Å². The summed E-state index contributed by atoms with van der Waals surface area (Å²) < 4.78 is 5.07. The summed E-state index contributed by atoms with van der Waals surface area (Å²) in [6.45, 7) is 5.89. The molecule has 0 aromatic heterocycles. The van der Waals surface area contributed by atoms with E-state index in [-0.39, 0.29) is 5.60 Å². The molecule has 0 bridgehead atoms. The molecule has 2 fully saturated rings. The van der Waals surface area contributed by atoms with E-state index >= 15 is 0 Å². The molecule has 1 unspecified atom stereocenters. The van der Waals surface area contributed by atoms with Gasteiger partial charge in [-0.2, -0.15) is 0 Å². The van der Waals surface area contributed by atoms with E-state index in [9.17, 15) is 0 Å². The van der Waals surface area contributed by atoms with Crippen LogP contribution in [0.25, 0.3) is 0 Å². The molecule has 2 aliphatic rings. The van der Waals surface area contributed by atoms with Gasteiger partial charge in [0.15, 0.2) is 6.10 Å². The normalized spacial score (nSPS) is 46.1.